The van der Waals surface area contributed by atoms with Gasteiger partial charge in [-0.25, -0.2) is 4.98 Å². The third kappa shape index (κ3) is 6.34. The molecule has 2 amide bonds. The Bertz CT molecular complexity index is 1290. The van der Waals surface area contributed by atoms with Crippen LogP contribution in [-0.4, -0.2) is 123 Å². The third-order valence-corrected chi connectivity index (χ3v) is 10.2. The Morgan fingerprint density at radius 3 is 2.56 bits per heavy atom. The molecule has 4 atom stereocenters. The number of ether oxygens (including phenoxy) is 3. The van der Waals surface area contributed by atoms with Crippen molar-refractivity contribution in [1.82, 2.24) is 20.1 Å². The highest BCUT2D eigenvalue weighted by molar-refractivity contribution is 7.14. The van der Waals surface area contributed by atoms with Crippen LogP contribution >= 0.6 is 11.3 Å². The summed E-state index contributed by atoms with van der Waals surface area (Å²) in [6, 6.07) is 6.04. The summed E-state index contributed by atoms with van der Waals surface area (Å²) in [5.74, 6) is -0.599. The number of likely N-dealkylation sites (tertiary alicyclic amines) is 1. The molecule has 3 aliphatic heterocycles. The molecule has 1 aromatic heterocycles. The lowest BCUT2D eigenvalue weighted by Crippen LogP contribution is -2.54. The zero-order valence-electron chi connectivity index (χ0n) is 24.9. The molecule has 0 spiro atoms. The molecule has 4 fully saturated rings. The molecule has 232 valence electrons. The number of methoxy groups -OCH3 is 2. The second-order valence-corrected chi connectivity index (χ2v) is 12.7. The van der Waals surface area contributed by atoms with E-state index >= 15 is 0 Å². The number of ketones is 1. The molecular weight excluding hydrogens is 570 g/mol. The zero-order chi connectivity index (χ0) is 29.9. The summed E-state index contributed by atoms with van der Waals surface area (Å²) >= 11 is 1.63. The maximum atomic E-state index is 13.9. The molecule has 4 heterocycles. The van der Waals surface area contributed by atoms with Crippen LogP contribution in [0.25, 0.3) is 11.3 Å². The SMILES string of the molecule is COCCN1CCN(c2nc(-c3ccc(C(=O)N[C@H](C(=O)N4C[C@H](OC)[C@@H]5OCC(=O)[C@H]54)C4CCCC4)cc3)cs2)CC1. The molecule has 2 aromatic rings. The summed E-state index contributed by atoms with van der Waals surface area (Å²) < 4.78 is 16.4. The standard InChI is InChI=1S/C31H41N5O6S/c1-40-16-15-34-11-13-35(14-12-34)31-32-23(19-43-31)20-7-9-22(10-8-20)29(38)33-26(21-5-3-4-6-21)30(39)36-17-25(41-2)28-27(36)24(37)18-42-28/h7-10,19,21,25-28H,3-6,11-18H2,1-2H3,(H,33,38)/t25-,26-,27+,28-/m0/s1. The molecule has 1 aliphatic carbocycles. The second kappa shape index (κ2) is 13.4. The van der Waals surface area contributed by atoms with E-state index in [-0.39, 0.29) is 42.8 Å². The van der Waals surface area contributed by atoms with Crippen molar-refractivity contribution in [3.63, 3.8) is 0 Å². The molecule has 1 aromatic carbocycles. The van der Waals surface area contributed by atoms with Gasteiger partial charge < -0.3 is 29.3 Å². The smallest absolute Gasteiger partial charge is 0.251 e. The average molecular weight is 612 g/mol. The van der Waals surface area contributed by atoms with Crippen molar-refractivity contribution in [2.75, 3.05) is 71.6 Å². The van der Waals surface area contributed by atoms with Gasteiger partial charge in [-0.2, -0.15) is 0 Å². The van der Waals surface area contributed by atoms with Gasteiger partial charge in [-0.3, -0.25) is 19.3 Å². The summed E-state index contributed by atoms with van der Waals surface area (Å²) in [4.78, 5) is 51.2. The number of carbonyl (C=O) groups is 3. The Balaban J connectivity index is 1.11. The second-order valence-electron chi connectivity index (χ2n) is 11.9. The lowest BCUT2D eigenvalue weighted by Gasteiger charge is -2.34. The Hall–Kier alpha value is -2.90. The quantitative estimate of drug-likeness (QED) is 0.431. The van der Waals surface area contributed by atoms with Crippen LogP contribution in [0.1, 0.15) is 36.0 Å². The van der Waals surface area contributed by atoms with Gasteiger partial charge in [-0.05, 0) is 30.9 Å². The highest BCUT2D eigenvalue weighted by atomic mass is 32.1. The molecule has 3 saturated heterocycles. The molecule has 1 N–H and O–H groups in total. The van der Waals surface area contributed by atoms with Crippen molar-refractivity contribution in [3.8, 4) is 11.3 Å². The summed E-state index contributed by atoms with van der Waals surface area (Å²) in [7, 11) is 3.30. The number of amides is 2. The molecular formula is C31H41N5O6S. The monoisotopic (exact) mass is 611 g/mol. The minimum atomic E-state index is -0.699. The Labute approximate surface area is 256 Å². The fourth-order valence-electron chi connectivity index (χ4n) is 6.84. The number of nitrogens with one attached hydrogen (secondary N) is 1. The van der Waals surface area contributed by atoms with E-state index in [1.807, 2.05) is 12.1 Å². The maximum absolute atomic E-state index is 13.9. The molecule has 0 unspecified atom stereocenters. The Morgan fingerprint density at radius 2 is 1.86 bits per heavy atom. The minimum Gasteiger partial charge on any atom is -0.383 e. The number of anilines is 1. The minimum absolute atomic E-state index is 0.0161. The van der Waals surface area contributed by atoms with E-state index in [4.69, 9.17) is 19.2 Å². The predicted octanol–water partition coefficient (Wildman–Crippen LogP) is 2.06. The van der Waals surface area contributed by atoms with Crippen LogP contribution in [-0.2, 0) is 23.8 Å². The summed E-state index contributed by atoms with van der Waals surface area (Å²) in [5.41, 5.74) is 2.30. The van der Waals surface area contributed by atoms with E-state index in [2.05, 4.69) is 20.5 Å². The number of nitrogens with zero attached hydrogens (tertiary/aromatic N) is 4. The molecule has 43 heavy (non-hydrogen) atoms. The van der Waals surface area contributed by atoms with Crippen molar-refractivity contribution >= 4 is 34.1 Å². The van der Waals surface area contributed by atoms with Gasteiger partial charge in [0.25, 0.3) is 5.91 Å². The van der Waals surface area contributed by atoms with Crippen LogP contribution in [0.2, 0.25) is 0 Å². The van der Waals surface area contributed by atoms with Crippen LogP contribution in [0.4, 0.5) is 5.13 Å². The van der Waals surface area contributed by atoms with Crippen LogP contribution in [0, 0.1) is 5.92 Å². The molecule has 12 heteroatoms. The summed E-state index contributed by atoms with van der Waals surface area (Å²) in [6.07, 6.45) is 2.96. The van der Waals surface area contributed by atoms with Crippen LogP contribution in [0.3, 0.4) is 0 Å². The first-order chi connectivity index (χ1) is 21.0. The third-order valence-electron chi connectivity index (χ3n) is 9.34. The molecule has 1 saturated carbocycles. The van der Waals surface area contributed by atoms with Gasteiger partial charge in [0.2, 0.25) is 5.91 Å². The number of fused-ring (bicyclic) bond motifs is 1. The van der Waals surface area contributed by atoms with Crippen molar-refractivity contribution in [2.45, 2.75) is 50.0 Å². The molecule has 6 rings (SSSR count). The fourth-order valence-corrected chi connectivity index (χ4v) is 7.73. The van der Waals surface area contributed by atoms with Crippen molar-refractivity contribution in [1.29, 1.82) is 0 Å². The van der Waals surface area contributed by atoms with E-state index in [1.54, 1.807) is 42.6 Å². The normalized spacial score (nSPS) is 25.3. The zero-order valence-corrected chi connectivity index (χ0v) is 25.7. The van der Waals surface area contributed by atoms with E-state index < -0.39 is 18.2 Å². The number of thiazole rings is 1. The summed E-state index contributed by atoms with van der Waals surface area (Å²) in [5, 5.41) is 6.11. The number of benzene rings is 1. The van der Waals surface area contributed by atoms with Gasteiger partial charge in [0.1, 0.15) is 30.9 Å². The van der Waals surface area contributed by atoms with E-state index in [1.165, 1.54) is 0 Å². The molecule has 11 nitrogen and oxygen atoms in total. The fraction of sp³-hybridized carbons (Fsp3) is 0.613. The topological polar surface area (TPSA) is 114 Å². The predicted molar refractivity (Wildman–Crippen MR) is 162 cm³/mol. The Kier molecular flexibility index (Phi) is 9.39. The van der Waals surface area contributed by atoms with Crippen LogP contribution < -0.4 is 10.2 Å². The van der Waals surface area contributed by atoms with Crippen LogP contribution in [0.5, 0.6) is 0 Å². The Morgan fingerprint density at radius 1 is 1.12 bits per heavy atom. The molecule has 0 radical (unpaired) electrons. The maximum Gasteiger partial charge on any atom is 0.251 e. The highest BCUT2D eigenvalue weighted by Gasteiger charge is 2.54. The first-order valence-electron chi connectivity index (χ1n) is 15.3. The number of carbonyl (C=O) groups excluding carboxylic acids is 3. The number of rotatable bonds is 10. The van der Waals surface area contributed by atoms with Crippen molar-refractivity contribution in [3.05, 3.63) is 35.2 Å². The van der Waals surface area contributed by atoms with Gasteiger partial charge >= 0.3 is 0 Å². The van der Waals surface area contributed by atoms with E-state index in [0.29, 0.717) is 5.56 Å². The van der Waals surface area contributed by atoms with Crippen molar-refractivity contribution in [2.24, 2.45) is 5.92 Å². The number of aromatic nitrogens is 1. The largest absolute Gasteiger partial charge is 0.383 e. The average Bonchev–Trinajstić information content (AvgIpc) is 3.85. The van der Waals surface area contributed by atoms with Gasteiger partial charge in [0.15, 0.2) is 10.9 Å². The van der Waals surface area contributed by atoms with Gasteiger partial charge in [-0.1, -0.05) is 25.0 Å². The first kappa shape index (κ1) is 30.1. The highest BCUT2D eigenvalue weighted by Crippen LogP contribution is 2.34. The van der Waals surface area contributed by atoms with Gasteiger partial charge in [-0.15, -0.1) is 11.3 Å². The molecule has 0 bridgehead atoms. The van der Waals surface area contributed by atoms with E-state index in [0.717, 1.165) is 81.4 Å². The lowest BCUT2D eigenvalue weighted by molar-refractivity contribution is -0.139. The summed E-state index contributed by atoms with van der Waals surface area (Å²) in [6.45, 7) is 5.81. The lowest BCUT2D eigenvalue weighted by atomic mass is 9.95. The van der Waals surface area contributed by atoms with Crippen LogP contribution in [0.15, 0.2) is 29.6 Å². The van der Waals surface area contributed by atoms with Gasteiger partial charge in [0.05, 0.1) is 18.8 Å². The molecule has 4 aliphatic rings. The van der Waals surface area contributed by atoms with Gasteiger partial charge in [0, 0.05) is 63.5 Å². The van der Waals surface area contributed by atoms with Crippen molar-refractivity contribution < 1.29 is 28.6 Å². The number of Topliss-reactive ketones (excluding diaryl/α,β-unsaturated/α-hetero) is 1. The number of piperazine rings is 1. The first-order valence-corrected chi connectivity index (χ1v) is 16.2. The number of hydrogen-bond acceptors (Lipinski definition) is 10. The number of hydrogen-bond donors (Lipinski definition) is 1. The van der Waals surface area contributed by atoms with E-state index in [9.17, 15) is 14.4 Å².